The van der Waals surface area contributed by atoms with Crippen LogP contribution in [0, 0.1) is 5.92 Å². The summed E-state index contributed by atoms with van der Waals surface area (Å²) < 4.78 is 0. The van der Waals surface area contributed by atoms with Gasteiger partial charge in [-0.1, -0.05) is 0 Å². The van der Waals surface area contributed by atoms with Crippen molar-refractivity contribution in [3.63, 3.8) is 0 Å². The summed E-state index contributed by atoms with van der Waals surface area (Å²) in [5, 5.41) is 9.13. The zero-order chi connectivity index (χ0) is 14.1. The van der Waals surface area contributed by atoms with Crippen LogP contribution in [0.15, 0.2) is 24.4 Å². The molecule has 1 atom stereocenters. The number of hydrogen-bond donors (Lipinski definition) is 2. The van der Waals surface area contributed by atoms with E-state index >= 15 is 0 Å². The Labute approximate surface area is 116 Å². The van der Waals surface area contributed by atoms with Gasteiger partial charge in [0.05, 0.1) is 23.1 Å². The van der Waals surface area contributed by atoms with Crippen LogP contribution in [0.25, 0.3) is 11.0 Å². The highest BCUT2D eigenvalue weighted by Crippen LogP contribution is 2.23. The topological polar surface area (TPSA) is 92.3 Å². The Balaban J connectivity index is 1.90. The van der Waals surface area contributed by atoms with Crippen molar-refractivity contribution in [2.75, 3.05) is 23.7 Å². The van der Waals surface area contributed by atoms with E-state index in [2.05, 4.69) is 9.97 Å². The number of anilines is 2. The fourth-order valence-corrected chi connectivity index (χ4v) is 2.56. The molecule has 3 N–H and O–H groups in total. The van der Waals surface area contributed by atoms with E-state index in [0.29, 0.717) is 12.2 Å². The maximum atomic E-state index is 11.1. The van der Waals surface area contributed by atoms with Gasteiger partial charge in [0.2, 0.25) is 0 Å². The molecule has 0 bridgehead atoms. The van der Waals surface area contributed by atoms with Crippen molar-refractivity contribution in [2.24, 2.45) is 5.92 Å². The average Bonchev–Trinajstić information content (AvgIpc) is 2.47. The number of nitrogen functional groups attached to an aromatic ring is 1. The molecule has 3 rings (SSSR count). The molecule has 0 saturated carbocycles. The number of aliphatic carboxylic acids is 1. The minimum Gasteiger partial charge on any atom is -0.481 e. The lowest BCUT2D eigenvalue weighted by Gasteiger charge is -2.31. The van der Waals surface area contributed by atoms with Crippen LogP contribution in [0.5, 0.6) is 0 Å². The summed E-state index contributed by atoms with van der Waals surface area (Å²) >= 11 is 0. The Bertz CT molecular complexity index is 659. The molecule has 6 nitrogen and oxygen atoms in total. The number of fused-ring (bicyclic) bond motifs is 1. The summed E-state index contributed by atoms with van der Waals surface area (Å²) in [5.74, 6) is -0.336. The van der Waals surface area contributed by atoms with Crippen molar-refractivity contribution in [1.82, 2.24) is 9.97 Å². The monoisotopic (exact) mass is 272 g/mol. The van der Waals surface area contributed by atoms with Gasteiger partial charge in [-0.3, -0.25) is 9.78 Å². The van der Waals surface area contributed by atoms with Crippen molar-refractivity contribution in [1.29, 1.82) is 0 Å². The molecule has 0 aliphatic carbocycles. The van der Waals surface area contributed by atoms with E-state index in [1.54, 1.807) is 18.3 Å². The zero-order valence-electron chi connectivity index (χ0n) is 11.0. The molecule has 0 amide bonds. The van der Waals surface area contributed by atoms with Gasteiger partial charge in [-0.15, -0.1) is 0 Å². The van der Waals surface area contributed by atoms with Crippen molar-refractivity contribution in [3.05, 3.63) is 24.4 Å². The standard InChI is InChI=1S/C14H16N4O2/c15-10-3-4-11-12(6-10)16-7-13(17-11)18-5-1-2-9(8-18)14(19)20/h3-4,6-7,9H,1-2,5,8,15H2,(H,19,20)/t9-/m0/s1. The van der Waals surface area contributed by atoms with Crippen molar-refractivity contribution < 1.29 is 9.90 Å². The molecule has 1 aromatic heterocycles. The normalized spacial score (nSPS) is 19.2. The van der Waals surface area contributed by atoms with E-state index in [-0.39, 0.29) is 5.92 Å². The van der Waals surface area contributed by atoms with Gasteiger partial charge in [0.25, 0.3) is 0 Å². The second-order valence-corrected chi connectivity index (χ2v) is 5.10. The van der Waals surface area contributed by atoms with E-state index in [1.807, 2.05) is 11.0 Å². The van der Waals surface area contributed by atoms with Crippen molar-refractivity contribution >= 4 is 28.5 Å². The number of piperidine rings is 1. The lowest BCUT2D eigenvalue weighted by molar-refractivity contribution is -0.141. The molecular weight excluding hydrogens is 256 g/mol. The number of carboxylic acids is 1. The minimum atomic E-state index is -0.740. The number of carboxylic acid groups (broad SMARTS) is 1. The van der Waals surface area contributed by atoms with Gasteiger partial charge < -0.3 is 15.7 Å². The summed E-state index contributed by atoms with van der Waals surface area (Å²) in [6, 6.07) is 5.40. The highest BCUT2D eigenvalue weighted by atomic mass is 16.4. The smallest absolute Gasteiger partial charge is 0.308 e. The molecule has 0 radical (unpaired) electrons. The molecule has 104 valence electrons. The minimum absolute atomic E-state index is 0.326. The van der Waals surface area contributed by atoms with E-state index in [0.717, 1.165) is 36.2 Å². The van der Waals surface area contributed by atoms with Gasteiger partial charge in [-0.25, -0.2) is 4.98 Å². The first kappa shape index (κ1) is 12.7. The number of aromatic nitrogens is 2. The van der Waals surface area contributed by atoms with Gasteiger partial charge in [-0.2, -0.15) is 0 Å². The van der Waals surface area contributed by atoms with E-state index < -0.39 is 5.97 Å². The second-order valence-electron chi connectivity index (χ2n) is 5.10. The molecule has 1 saturated heterocycles. The quantitative estimate of drug-likeness (QED) is 0.805. The van der Waals surface area contributed by atoms with Crippen LogP contribution in [0.1, 0.15) is 12.8 Å². The number of carbonyl (C=O) groups is 1. The summed E-state index contributed by atoms with van der Waals surface area (Å²) in [6.45, 7) is 1.31. The summed E-state index contributed by atoms with van der Waals surface area (Å²) in [5.41, 5.74) is 7.89. The molecule has 0 spiro atoms. The molecule has 20 heavy (non-hydrogen) atoms. The first-order chi connectivity index (χ1) is 9.63. The number of hydrogen-bond acceptors (Lipinski definition) is 5. The van der Waals surface area contributed by atoms with Crippen LogP contribution in [0.3, 0.4) is 0 Å². The average molecular weight is 272 g/mol. The Morgan fingerprint density at radius 1 is 1.40 bits per heavy atom. The predicted octanol–water partition coefficient (Wildman–Crippen LogP) is 1.51. The Kier molecular flexibility index (Phi) is 3.14. The van der Waals surface area contributed by atoms with Crippen LogP contribution >= 0.6 is 0 Å². The highest BCUT2D eigenvalue weighted by Gasteiger charge is 2.26. The largest absolute Gasteiger partial charge is 0.481 e. The van der Waals surface area contributed by atoms with E-state index in [9.17, 15) is 4.79 Å². The first-order valence-corrected chi connectivity index (χ1v) is 6.63. The molecule has 1 fully saturated rings. The summed E-state index contributed by atoms with van der Waals surface area (Å²) in [6.07, 6.45) is 3.27. The summed E-state index contributed by atoms with van der Waals surface area (Å²) in [7, 11) is 0. The lowest BCUT2D eigenvalue weighted by atomic mass is 9.98. The number of benzene rings is 1. The molecule has 2 heterocycles. The molecule has 6 heteroatoms. The van der Waals surface area contributed by atoms with Crippen molar-refractivity contribution in [2.45, 2.75) is 12.8 Å². The molecular formula is C14H16N4O2. The first-order valence-electron chi connectivity index (χ1n) is 6.63. The fraction of sp³-hybridized carbons (Fsp3) is 0.357. The van der Waals surface area contributed by atoms with Gasteiger partial charge in [0, 0.05) is 18.8 Å². The van der Waals surface area contributed by atoms with Gasteiger partial charge in [-0.05, 0) is 31.0 Å². The third-order valence-corrected chi connectivity index (χ3v) is 3.65. The van der Waals surface area contributed by atoms with Gasteiger partial charge in [0.15, 0.2) is 0 Å². The van der Waals surface area contributed by atoms with Gasteiger partial charge >= 0.3 is 5.97 Å². The van der Waals surface area contributed by atoms with Crippen LogP contribution in [-0.2, 0) is 4.79 Å². The van der Waals surface area contributed by atoms with Crippen LogP contribution in [-0.4, -0.2) is 34.1 Å². The highest BCUT2D eigenvalue weighted by molar-refractivity contribution is 5.79. The Morgan fingerprint density at radius 2 is 2.25 bits per heavy atom. The zero-order valence-corrected chi connectivity index (χ0v) is 11.0. The summed E-state index contributed by atoms with van der Waals surface area (Å²) in [4.78, 5) is 22.0. The Hall–Kier alpha value is -2.37. The lowest BCUT2D eigenvalue weighted by Crippen LogP contribution is -2.39. The Morgan fingerprint density at radius 3 is 3.05 bits per heavy atom. The number of nitrogens with two attached hydrogens (primary N) is 1. The number of nitrogens with zero attached hydrogens (tertiary/aromatic N) is 3. The molecule has 2 aromatic rings. The SMILES string of the molecule is Nc1ccc2nc(N3CCC[C@H](C(=O)O)C3)cnc2c1. The van der Waals surface area contributed by atoms with E-state index in [4.69, 9.17) is 10.8 Å². The predicted molar refractivity (Wildman–Crippen MR) is 76.5 cm³/mol. The van der Waals surface area contributed by atoms with Crippen LogP contribution < -0.4 is 10.6 Å². The maximum absolute atomic E-state index is 11.1. The molecule has 1 aromatic carbocycles. The fourth-order valence-electron chi connectivity index (χ4n) is 2.56. The third-order valence-electron chi connectivity index (χ3n) is 3.65. The van der Waals surface area contributed by atoms with Crippen molar-refractivity contribution in [3.8, 4) is 0 Å². The molecule has 1 aliphatic heterocycles. The van der Waals surface area contributed by atoms with Crippen LogP contribution in [0.2, 0.25) is 0 Å². The number of rotatable bonds is 2. The molecule has 0 unspecified atom stereocenters. The van der Waals surface area contributed by atoms with E-state index in [1.165, 1.54) is 0 Å². The van der Waals surface area contributed by atoms with Gasteiger partial charge in [0.1, 0.15) is 5.82 Å². The molecule has 1 aliphatic rings. The third kappa shape index (κ3) is 2.36. The maximum Gasteiger partial charge on any atom is 0.308 e. The van der Waals surface area contributed by atoms with Crippen LogP contribution in [0.4, 0.5) is 11.5 Å². The second kappa shape index (κ2) is 4.96.